The predicted octanol–water partition coefficient (Wildman–Crippen LogP) is 4.81. The van der Waals surface area contributed by atoms with Gasteiger partial charge in [-0.1, -0.05) is 23.2 Å². The number of rotatable bonds is 2. The molecule has 116 valence electrons. The Kier molecular flexibility index (Phi) is 7.07. The van der Waals surface area contributed by atoms with Crippen LogP contribution >= 0.6 is 55.1 Å². The minimum atomic E-state index is -0.619. The lowest BCUT2D eigenvalue weighted by atomic mass is 10.4. The molecule has 0 aliphatic carbocycles. The van der Waals surface area contributed by atoms with E-state index in [0.29, 0.717) is 4.60 Å². The van der Waals surface area contributed by atoms with Gasteiger partial charge in [-0.25, -0.2) is 9.97 Å². The molecule has 8 nitrogen and oxygen atoms in total. The van der Waals surface area contributed by atoms with Gasteiger partial charge in [0.1, 0.15) is 9.76 Å². The van der Waals surface area contributed by atoms with Gasteiger partial charge in [-0.3, -0.25) is 20.2 Å². The Morgan fingerprint density at radius 1 is 0.909 bits per heavy atom. The van der Waals surface area contributed by atoms with Gasteiger partial charge in [0.15, 0.2) is 4.60 Å². The van der Waals surface area contributed by atoms with Crippen molar-refractivity contribution in [2.45, 2.75) is 0 Å². The van der Waals surface area contributed by atoms with Gasteiger partial charge in [0.2, 0.25) is 5.15 Å². The average molecular weight is 475 g/mol. The van der Waals surface area contributed by atoms with Gasteiger partial charge in [0, 0.05) is 12.1 Å². The fraction of sp³-hybridized carbons (Fsp3) is 0. The SMILES string of the molecule is O=[N+]([O-])c1ccc(Br)nc1Br.O=[N+]([O-])c1ccc(Cl)nc1Cl. The topological polar surface area (TPSA) is 112 Å². The molecule has 0 amide bonds. The summed E-state index contributed by atoms with van der Waals surface area (Å²) in [5.74, 6) is 0. The van der Waals surface area contributed by atoms with E-state index < -0.39 is 9.85 Å². The molecule has 2 aromatic rings. The molecular formula is C10H4Br2Cl2N4O4. The van der Waals surface area contributed by atoms with Gasteiger partial charge < -0.3 is 0 Å². The number of hydrogen-bond donors (Lipinski definition) is 0. The molecule has 0 saturated heterocycles. The molecule has 12 heteroatoms. The Morgan fingerprint density at radius 2 is 1.45 bits per heavy atom. The first-order valence-electron chi connectivity index (χ1n) is 5.15. The van der Waals surface area contributed by atoms with Crippen LogP contribution in [0.1, 0.15) is 0 Å². The second kappa shape index (κ2) is 8.32. The van der Waals surface area contributed by atoms with Gasteiger partial charge in [-0.15, -0.1) is 0 Å². The van der Waals surface area contributed by atoms with Crippen LogP contribution in [0.3, 0.4) is 0 Å². The highest BCUT2D eigenvalue weighted by Crippen LogP contribution is 2.24. The summed E-state index contributed by atoms with van der Waals surface area (Å²) in [6.07, 6.45) is 0. The van der Waals surface area contributed by atoms with E-state index >= 15 is 0 Å². The first-order chi connectivity index (χ1) is 10.2. The summed E-state index contributed by atoms with van der Waals surface area (Å²) in [5, 5.41) is 20.4. The zero-order valence-corrected chi connectivity index (χ0v) is 14.9. The molecule has 0 saturated carbocycles. The molecule has 2 heterocycles. The van der Waals surface area contributed by atoms with Crippen molar-refractivity contribution < 1.29 is 9.85 Å². The predicted molar refractivity (Wildman–Crippen MR) is 87.2 cm³/mol. The third-order valence-electron chi connectivity index (χ3n) is 1.98. The van der Waals surface area contributed by atoms with E-state index in [0.717, 1.165) is 0 Å². The van der Waals surface area contributed by atoms with E-state index in [1.807, 2.05) is 0 Å². The maximum absolute atomic E-state index is 10.3. The molecule has 22 heavy (non-hydrogen) atoms. The summed E-state index contributed by atoms with van der Waals surface area (Å²) in [5.41, 5.74) is -0.274. The van der Waals surface area contributed by atoms with Gasteiger partial charge in [-0.05, 0) is 44.0 Å². The van der Waals surface area contributed by atoms with Crippen molar-refractivity contribution in [2.75, 3.05) is 0 Å². The number of pyridine rings is 2. The Bertz CT molecular complexity index is 671. The lowest BCUT2D eigenvalue weighted by Gasteiger charge is -1.93. The van der Waals surface area contributed by atoms with Crippen LogP contribution in [0.15, 0.2) is 33.5 Å². The Balaban J connectivity index is 0.000000220. The minimum Gasteiger partial charge on any atom is -0.258 e. The van der Waals surface area contributed by atoms with Crippen LogP contribution in [0.5, 0.6) is 0 Å². The fourth-order valence-corrected chi connectivity index (χ4v) is 2.51. The quantitative estimate of drug-likeness (QED) is 0.350. The van der Waals surface area contributed by atoms with E-state index in [4.69, 9.17) is 23.2 Å². The van der Waals surface area contributed by atoms with Crippen molar-refractivity contribution in [3.05, 3.63) is 64.0 Å². The van der Waals surface area contributed by atoms with Gasteiger partial charge in [0.25, 0.3) is 0 Å². The Labute approximate surface area is 150 Å². The molecule has 0 aromatic carbocycles. The average Bonchev–Trinajstić information content (AvgIpc) is 2.38. The highest BCUT2D eigenvalue weighted by atomic mass is 79.9. The maximum Gasteiger partial charge on any atom is 0.306 e. The lowest BCUT2D eigenvalue weighted by molar-refractivity contribution is -0.386. The molecule has 0 aliphatic rings. The van der Waals surface area contributed by atoms with Crippen LogP contribution < -0.4 is 0 Å². The molecule has 0 aliphatic heterocycles. The Morgan fingerprint density at radius 3 is 1.91 bits per heavy atom. The monoisotopic (exact) mass is 472 g/mol. The highest BCUT2D eigenvalue weighted by molar-refractivity contribution is 9.11. The van der Waals surface area contributed by atoms with Crippen molar-refractivity contribution in [2.24, 2.45) is 0 Å². The van der Waals surface area contributed by atoms with E-state index in [2.05, 4.69) is 41.8 Å². The second-order valence-electron chi connectivity index (χ2n) is 3.40. The third-order valence-corrected chi connectivity index (χ3v) is 3.50. The second-order valence-corrected chi connectivity index (χ2v) is 5.71. The molecule has 0 N–H and O–H groups in total. The minimum absolute atomic E-state index is 0.0341. The van der Waals surface area contributed by atoms with Gasteiger partial charge >= 0.3 is 11.4 Å². The lowest BCUT2D eigenvalue weighted by Crippen LogP contribution is -1.90. The molecule has 0 atom stereocenters. The summed E-state index contributed by atoms with van der Waals surface area (Å²) in [4.78, 5) is 26.6. The Hall–Kier alpha value is -1.36. The number of hydrogen-bond acceptors (Lipinski definition) is 6. The summed E-state index contributed by atoms with van der Waals surface area (Å²) in [7, 11) is 0. The van der Waals surface area contributed by atoms with Crippen molar-refractivity contribution in [3.8, 4) is 0 Å². The van der Waals surface area contributed by atoms with Crippen LogP contribution in [0.25, 0.3) is 0 Å². The summed E-state index contributed by atoms with van der Waals surface area (Å²) in [6.45, 7) is 0. The van der Waals surface area contributed by atoms with Crippen molar-refractivity contribution >= 4 is 66.4 Å². The fourth-order valence-electron chi connectivity index (χ4n) is 1.08. The normalized spacial score (nSPS) is 9.64. The van der Waals surface area contributed by atoms with Crippen molar-refractivity contribution in [1.82, 2.24) is 9.97 Å². The van der Waals surface area contributed by atoms with Gasteiger partial charge in [-0.2, -0.15) is 0 Å². The first kappa shape index (κ1) is 18.7. The zero-order valence-electron chi connectivity index (χ0n) is 10.2. The van der Waals surface area contributed by atoms with Crippen LogP contribution in [0.2, 0.25) is 10.3 Å². The van der Waals surface area contributed by atoms with Crippen molar-refractivity contribution in [1.29, 1.82) is 0 Å². The van der Waals surface area contributed by atoms with E-state index in [-0.39, 0.29) is 26.3 Å². The summed E-state index contributed by atoms with van der Waals surface area (Å²) < 4.78 is 0.798. The van der Waals surface area contributed by atoms with E-state index in [1.54, 1.807) is 0 Å². The highest BCUT2D eigenvalue weighted by Gasteiger charge is 2.12. The summed E-state index contributed by atoms with van der Waals surface area (Å²) >= 11 is 16.8. The molecule has 0 radical (unpaired) electrons. The van der Waals surface area contributed by atoms with E-state index in [1.165, 1.54) is 24.3 Å². The molecule has 0 bridgehead atoms. The zero-order chi connectivity index (χ0) is 16.9. The standard InChI is InChI=1S/C5H2Br2N2O2.C5H2Cl2N2O2/c2*6-4-2-1-3(9(10)11)5(7)8-4/h2*1-2H. The largest absolute Gasteiger partial charge is 0.306 e. The van der Waals surface area contributed by atoms with E-state index in [9.17, 15) is 20.2 Å². The van der Waals surface area contributed by atoms with Gasteiger partial charge in [0.05, 0.1) is 9.85 Å². The van der Waals surface area contributed by atoms with Crippen LogP contribution in [-0.4, -0.2) is 19.8 Å². The number of halogens is 4. The first-order valence-corrected chi connectivity index (χ1v) is 7.49. The molecular weight excluding hydrogens is 471 g/mol. The smallest absolute Gasteiger partial charge is 0.258 e. The maximum atomic E-state index is 10.3. The number of nitrogens with zero attached hydrogens (tertiary/aromatic N) is 4. The van der Waals surface area contributed by atoms with Crippen LogP contribution in [0, 0.1) is 20.2 Å². The molecule has 0 spiro atoms. The van der Waals surface area contributed by atoms with Crippen LogP contribution in [-0.2, 0) is 0 Å². The van der Waals surface area contributed by atoms with Crippen molar-refractivity contribution in [3.63, 3.8) is 0 Å². The number of aromatic nitrogens is 2. The molecule has 0 unspecified atom stereocenters. The molecule has 2 aromatic heterocycles. The molecule has 0 fully saturated rings. The van der Waals surface area contributed by atoms with Crippen LogP contribution in [0.4, 0.5) is 11.4 Å². The summed E-state index contributed by atoms with van der Waals surface area (Å²) in [6, 6.07) is 5.41. The third kappa shape index (κ3) is 5.44. The number of nitro groups is 2. The molecule has 2 rings (SSSR count).